The van der Waals surface area contributed by atoms with Crippen LogP contribution in [0.1, 0.15) is 135 Å². The molecule has 0 aliphatic rings. The molecule has 32 heavy (non-hydrogen) atoms. The summed E-state index contributed by atoms with van der Waals surface area (Å²) in [4.78, 5) is 0. The molecule has 0 N–H and O–H groups in total. The maximum absolute atomic E-state index is 5.99. The lowest BCUT2D eigenvalue weighted by molar-refractivity contribution is -0.0269. The Bertz CT molecular complexity index is 473. The molecule has 2 nitrogen and oxygen atoms in total. The Hall–Kier alpha value is -0.860. The standard InChI is InChI=1S/C30H54O2/c1-3-5-6-7-8-9-10-11-12-13-14-15-16-17-18-19-23-26-31-28-30(4-2)32-27-29-24-21-20-22-25-29/h20-22,24-25,30H,3-19,23,26-28H2,1-2H3. The Kier molecular flexibility index (Phi) is 21.2. The van der Waals surface area contributed by atoms with E-state index in [1.165, 1.54) is 115 Å². The highest BCUT2D eigenvalue weighted by Crippen LogP contribution is 2.14. The van der Waals surface area contributed by atoms with E-state index in [-0.39, 0.29) is 6.10 Å². The second-order valence-electron chi connectivity index (χ2n) is 9.56. The van der Waals surface area contributed by atoms with Gasteiger partial charge in [-0.25, -0.2) is 0 Å². The molecule has 1 rings (SSSR count). The van der Waals surface area contributed by atoms with Gasteiger partial charge in [-0.2, -0.15) is 0 Å². The first kappa shape index (κ1) is 29.2. The van der Waals surface area contributed by atoms with Crippen LogP contribution in [0.4, 0.5) is 0 Å². The maximum Gasteiger partial charge on any atom is 0.0810 e. The zero-order valence-corrected chi connectivity index (χ0v) is 21.6. The highest BCUT2D eigenvalue weighted by molar-refractivity contribution is 5.13. The minimum absolute atomic E-state index is 0.209. The van der Waals surface area contributed by atoms with Gasteiger partial charge >= 0.3 is 0 Å². The van der Waals surface area contributed by atoms with Crippen molar-refractivity contribution in [3.8, 4) is 0 Å². The van der Waals surface area contributed by atoms with Gasteiger partial charge in [-0.1, -0.05) is 147 Å². The summed E-state index contributed by atoms with van der Waals surface area (Å²) < 4.78 is 11.9. The third-order valence-electron chi connectivity index (χ3n) is 6.48. The van der Waals surface area contributed by atoms with Crippen molar-refractivity contribution >= 4 is 0 Å². The Morgan fingerprint density at radius 1 is 0.594 bits per heavy atom. The van der Waals surface area contributed by atoms with Crippen LogP contribution >= 0.6 is 0 Å². The average Bonchev–Trinajstić information content (AvgIpc) is 2.83. The SMILES string of the molecule is CCCCCCCCCCCCCCCCCCCOCC(CC)OCc1ccccc1. The average molecular weight is 447 g/mol. The van der Waals surface area contributed by atoms with Gasteiger partial charge < -0.3 is 9.47 Å². The Morgan fingerprint density at radius 2 is 1.06 bits per heavy atom. The minimum atomic E-state index is 0.209. The Labute approximate surface area is 200 Å². The second-order valence-corrected chi connectivity index (χ2v) is 9.56. The third-order valence-corrected chi connectivity index (χ3v) is 6.48. The summed E-state index contributed by atoms with van der Waals surface area (Å²) in [5.41, 5.74) is 1.24. The van der Waals surface area contributed by atoms with E-state index in [0.29, 0.717) is 6.61 Å². The molecular weight excluding hydrogens is 392 g/mol. The fourth-order valence-corrected chi connectivity index (χ4v) is 4.22. The van der Waals surface area contributed by atoms with Gasteiger partial charge in [0, 0.05) is 6.61 Å². The normalized spacial score (nSPS) is 12.3. The molecule has 0 aliphatic heterocycles. The van der Waals surface area contributed by atoms with Crippen LogP contribution in [0.2, 0.25) is 0 Å². The number of benzene rings is 1. The first-order chi connectivity index (χ1) is 15.9. The molecule has 0 radical (unpaired) electrons. The van der Waals surface area contributed by atoms with Crippen molar-refractivity contribution in [2.75, 3.05) is 13.2 Å². The molecule has 2 heteroatoms. The molecule has 0 saturated heterocycles. The summed E-state index contributed by atoms with van der Waals surface area (Å²) in [6.45, 7) is 6.76. The van der Waals surface area contributed by atoms with Gasteiger partial charge in [0.2, 0.25) is 0 Å². The van der Waals surface area contributed by atoms with Crippen LogP contribution in [0.25, 0.3) is 0 Å². The van der Waals surface area contributed by atoms with Crippen molar-refractivity contribution in [2.24, 2.45) is 0 Å². The summed E-state index contributed by atoms with van der Waals surface area (Å²) in [6, 6.07) is 10.4. The Balaban J connectivity index is 1.76. The molecule has 0 saturated carbocycles. The lowest BCUT2D eigenvalue weighted by Gasteiger charge is -2.16. The zero-order chi connectivity index (χ0) is 23.0. The lowest BCUT2D eigenvalue weighted by atomic mass is 10.0. The summed E-state index contributed by atoms with van der Waals surface area (Å²) in [5, 5.41) is 0. The molecule has 0 heterocycles. The van der Waals surface area contributed by atoms with E-state index < -0.39 is 0 Å². The molecule has 1 aromatic carbocycles. The van der Waals surface area contributed by atoms with E-state index in [1.54, 1.807) is 0 Å². The quantitative estimate of drug-likeness (QED) is 0.147. The number of rotatable bonds is 24. The number of hydrogen-bond donors (Lipinski definition) is 0. The second kappa shape index (κ2) is 23.3. The largest absolute Gasteiger partial charge is 0.379 e. The van der Waals surface area contributed by atoms with E-state index in [4.69, 9.17) is 9.47 Å². The predicted molar refractivity (Wildman–Crippen MR) is 140 cm³/mol. The van der Waals surface area contributed by atoms with Crippen LogP contribution in [0.5, 0.6) is 0 Å². The third kappa shape index (κ3) is 18.7. The highest BCUT2D eigenvalue weighted by Gasteiger charge is 2.07. The molecular formula is C30H54O2. The van der Waals surface area contributed by atoms with Gasteiger partial charge in [0.15, 0.2) is 0 Å². The van der Waals surface area contributed by atoms with Crippen molar-refractivity contribution in [3.63, 3.8) is 0 Å². The molecule has 1 aromatic rings. The molecule has 1 unspecified atom stereocenters. The highest BCUT2D eigenvalue weighted by atomic mass is 16.5. The topological polar surface area (TPSA) is 18.5 Å². The summed E-state index contributed by atoms with van der Waals surface area (Å²) in [5.74, 6) is 0. The van der Waals surface area contributed by atoms with E-state index in [1.807, 2.05) is 6.07 Å². The zero-order valence-electron chi connectivity index (χ0n) is 21.6. The molecule has 0 aliphatic carbocycles. The van der Waals surface area contributed by atoms with Crippen LogP contribution < -0.4 is 0 Å². The van der Waals surface area contributed by atoms with Gasteiger partial charge in [-0.15, -0.1) is 0 Å². The smallest absolute Gasteiger partial charge is 0.0810 e. The molecule has 0 bridgehead atoms. The van der Waals surface area contributed by atoms with Gasteiger partial charge in [-0.05, 0) is 18.4 Å². The van der Waals surface area contributed by atoms with Gasteiger partial charge in [0.1, 0.15) is 0 Å². The van der Waals surface area contributed by atoms with Crippen LogP contribution in [0.15, 0.2) is 30.3 Å². The molecule has 0 spiro atoms. The first-order valence-corrected chi connectivity index (χ1v) is 14.1. The fraction of sp³-hybridized carbons (Fsp3) is 0.800. The molecule has 1 atom stereocenters. The van der Waals surface area contributed by atoms with E-state index in [0.717, 1.165) is 19.6 Å². The summed E-state index contributed by atoms with van der Waals surface area (Å²) in [7, 11) is 0. The summed E-state index contributed by atoms with van der Waals surface area (Å²) >= 11 is 0. The number of unbranched alkanes of at least 4 members (excludes halogenated alkanes) is 16. The van der Waals surface area contributed by atoms with Crippen molar-refractivity contribution in [1.29, 1.82) is 0 Å². The maximum atomic E-state index is 5.99. The predicted octanol–water partition coefficient (Wildman–Crippen LogP) is 9.65. The first-order valence-electron chi connectivity index (χ1n) is 14.1. The van der Waals surface area contributed by atoms with Crippen molar-refractivity contribution in [2.45, 2.75) is 142 Å². The van der Waals surface area contributed by atoms with E-state index >= 15 is 0 Å². The number of ether oxygens (including phenoxy) is 2. The molecule has 0 aromatic heterocycles. The van der Waals surface area contributed by atoms with Crippen molar-refractivity contribution in [1.82, 2.24) is 0 Å². The van der Waals surface area contributed by atoms with E-state index in [2.05, 4.69) is 38.1 Å². The fourth-order valence-electron chi connectivity index (χ4n) is 4.22. The molecule has 186 valence electrons. The van der Waals surface area contributed by atoms with Gasteiger partial charge in [0.05, 0.1) is 19.3 Å². The van der Waals surface area contributed by atoms with E-state index in [9.17, 15) is 0 Å². The van der Waals surface area contributed by atoms with Crippen molar-refractivity contribution in [3.05, 3.63) is 35.9 Å². The molecule has 0 amide bonds. The van der Waals surface area contributed by atoms with Crippen LogP contribution in [0, 0.1) is 0 Å². The number of hydrogen-bond acceptors (Lipinski definition) is 2. The van der Waals surface area contributed by atoms with Crippen LogP contribution in [0.3, 0.4) is 0 Å². The van der Waals surface area contributed by atoms with Gasteiger partial charge in [0.25, 0.3) is 0 Å². The van der Waals surface area contributed by atoms with Gasteiger partial charge in [-0.3, -0.25) is 0 Å². The molecule has 0 fully saturated rings. The monoisotopic (exact) mass is 446 g/mol. The minimum Gasteiger partial charge on any atom is -0.379 e. The summed E-state index contributed by atoms with van der Waals surface area (Å²) in [6.07, 6.45) is 25.2. The van der Waals surface area contributed by atoms with Crippen LogP contribution in [-0.4, -0.2) is 19.3 Å². The lowest BCUT2D eigenvalue weighted by Crippen LogP contribution is -2.19. The van der Waals surface area contributed by atoms with Crippen molar-refractivity contribution < 1.29 is 9.47 Å². The van der Waals surface area contributed by atoms with Crippen LogP contribution in [-0.2, 0) is 16.1 Å². The Morgan fingerprint density at radius 3 is 1.53 bits per heavy atom.